The number of hydrogen-bond donors (Lipinski definition) is 3. The molecule has 1 fully saturated rings. The van der Waals surface area contributed by atoms with Gasteiger partial charge in [-0.25, -0.2) is 4.79 Å². The fourth-order valence-corrected chi connectivity index (χ4v) is 3.37. The first-order valence-corrected chi connectivity index (χ1v) is 9.44. The Morgan fingerprint density at radius 1 is 1.23 bits per heavy atom. The number of carbonyl (C=O) groups is 2. The third kappa shape index (κ3) is 7.00. The van der Waals surface area contributed by atoms with Crippen molar-refractivity contribution in [1.82, 2.24) is 20.5 Å². The van der Waals surface area contributed by atoms with E-state index in [-0.39, 0.29) is 5.91 Å². The first-order valence-electron chi connectivity index (χ1n) is 9.44. The fraction of sp³-hybridized carbons (Fsp3) is 0.632. The molecule has 1 atom stereocenters. The van der Waals surface area contributed by atoms with Crippen LogP contribution in [0.3, 0.4) is 0 Å². The second-order valence-electron chi connectivity index (χ2n) is 6.91. The second-order valence-corrected chi connectivity index (χ2v) is 6.91. The lowest BCUT2D eigenvalue weighted by molar-refractivity contribution is -0.121. The molecule has 3 N–H and O–H groups in total. The van der Waals surface area contributed by atoms with Gasteiger partial charge in [-0.3, -0.25) is 14.7 Å². The van der Waals surface area contributed by atoms with Crippen molar-refractivity contribution in [2.75, 3.05) is 26.7 Å². The number of pyridine rings is 1. The van der Waals surface area contributed by atoms with Crippen LogP contribution in [0.5, 0.6) is 0 Å². The van der Waals surface area contributed by atoms with Crippen molar-refractivity contribution in [2.45, 2.75) is 51.0 Å². The summed E-state index contributed by atoms with van der Waals surface area (Å²) in [6.45, 7) is 2.19. The molecular weight excluding hydrogens is 332 g/mol. The molecular formula is C19H30N4O3. The van der Waals surface area contributed by atoms with Gasteiger partial charge in [0.15, 0.2) is 0 Å². The summed E-state index contributed by atoms with van der Waals surface area (Å²) in [5.74, 6) is 0.0276. The molecule has 26 heavy (non-hydrogen) atoms. The first-order chi connectivity index (χ1) is 12.6. The standard InChI is InChI=1S/C19H30N4O3/c1-23-11-5-7-17(23)16-12-15(13-20-14-16)6-4-10-21-18(24)8-2-3-9-22-19(25)26/h12-14,17,22H,2-11H2,1H3,(H,21,24)(H,25,26)/t17-/m0/s1. The maximum Gasteiger partial charge on any atom is 0.404 e. The largest absolute Gasteiger partial charge is 0.465 e. The maximum absolute atomic E-state index is 11.7. The Balaban J connectivity index is 1.61. The van der Waals surface area contributed by atoms with E-state index in [1.807, 2.05) is 12.4 Å². The molecule has 0 aliphatic carbocycles. The average Bonchev–Trinajstić information content (AvgIpc) is 3.04. The van der Waals surface area contributed by atoms with Gasteiger partial charge < -0.3 is 15.7 Å². The summed E-state index contributed by atoms with van der Waals surface area (Å²) in [6.07, 6.45) is 8.88. The number of nitrogens with zero attached hydrogens (tertiary/aromatic N) is 2. The van der Waals surface area contributed by atoms with Crippen LogP contribution in [-0.4, -0.2) is 53.7 Å². The molecule has 1 aromatic heterocycles. The Bertz CT molecular complexity index is 594. The zero-order chi connectivity index (χ0) is 18.8. The topological polar surface area (TPSA) is 94.6 Å². The van der Waals surface area contributed by atoms with Crippen LogP contribution in [0.2, 0.25) is 0 Å². The highest BCUT2D eigenvalue weighted by atomic mass is 16.4. The highest BCUT2D eigenvalue weighted by molar-refractivity contribution is 5.75. The van der Waals surface area contributed by atoms with Gasteiger partial charge in [0.25, 0.3) is 0 Å². The molecule has 1 saturated heterocycles. The van der Waals surface area contributed by atoms with E-state index in [4.69, 9.17) is 5.11 Å². The molecule has 0 saturated carbocycles. The molecule has 7 nitrogen and oxygen atoms in total. The predicted octanol–water partition coefficient (Wildman–Crippen LogP) is 2.33. The highest BCUT2D eigenvalue weighted by Crippen LogP contribution is 2.30. The van der Waals surface area contributed by atoms with E-state index in [1.54, 1.807) is 0 Å². The van der Waals surface area contributed by atoms with Crippen LogP contribution in [-0.2, 0) is 11.2 Å². The molecule has 1 aromatic rings. The van der Waals surface area contributed by atoms with Crippen LogP contribution >= 0.6 is 0 Å². The van der Waals surface area contributed by atoms with Crippen molar-refractivity contribution >= 4 is 12.0 Å². The third-order valence-electron chi connectivity index (χ3n) is 4.79. The minimum atomic E-state index is -1.02. The predicted molar refractivity (Wildman–Crippen MR) is 100 cm³/mol. The number of carboxylic acid groups (broad SMARTS) is 1. The smallest absolute Gasteiger partial charge is 0.404 e. The van der Waals surface area contributed by atoms with Gasteiger partial charge >= 0.3 is 6.09 Å². The minimum absolute atomic E-state index is 0.0276. The van der Waals surface area contributed by atoms with Gasteiger partial charge in [-0.2, -0.15) is 0 Å². The summed E-state index contributed by atoms with van der Waals surface area (Å²) in [7, 11) is 2.16. The highest BCUT2D eigenvalue weighted by Gasteiger charge is 2.22. The van der Waals surface area contributed by atoms with Gasteiger partial charge in [0.2, 0.25) is 5.91 Å². The summed E-state index contributed by atoms with van der Waals surface area (Å²) in [6, 6.07) is 2.73. The zero-order valence-electron chi connectivity index (χ0n) is 15.5. The molecule has 0 bridgehead atoms. The monoisotopic (exact) mass is 362 g/mol. The number of amides is 2. The van der Waals surface area contributed by atoms with Crippen molar-refractivity contribution < 1.29 is 14.7 Å². The molecule has 0 radical (unpaired) electrons. The summed E-state index contributed by atoms with van der Waals surface area (Å²) in [4.78, 5) is 28.8. The molecule has 2 rings (SSSR count). The van der Waals surface area contributed by atoms with Crippen molar-refractivity contribution in [3.05, 3.63) is 29.6 Å². The van der Waals surface area contributed by atoms with Crippen LogP contribution in [0, 0.1) is 0 Å². The normalized spacial score (nSPS) is 17.2. The van der Waals surface area contributed by atoms with Gasteiger partial charge in [-0.05, 0) is 63.2 Å². The SMILES string of the molecule is CN1CCC[C@H]1c1cncc(CCCNC(=O)CCCCNC(=O)O)c1. The van der Waals surface area contributed by atoms with Gasteiger partial charge in [0.05, 0.1) is 0 Å². The van der Waals surface area contributed by atoms with E-state index < -0.39 is 6.09 Å². The molecule has 1 aliphatic heterocycles. The Labute approximate surface area is 155 Å². The lowest BCUT2D eigenvalue weighted by atomic mass is 10.0. The number of nitrogens with one attached hydrogen (secondary N) is 2. The number of hydrogen-bond acceptors (Lipinski definition) is 4. The number of unbranched alkanes of at least 4 members (excludes halogenated alkanes) is 1. The van der Waals surface area contributed by atoms with E-state index >= 15 is 0 Å². The average molecular weight is 362 g/mol. The molecule has 0 aromatic carbocycles. The van der Waals surface area contributed by atoms with Crippen LogP contribution in [0.4, 0.5) is 4.79 Å². The molecule has 0 unspecified atom stereocenters. The Morgan fingerprint density at radius 3 is 2.77 bits per heavy atom. The lowest BCUT2D eigenvalue weighted by Crippen LogP contribution is -2.25. The first kappa shape index (κ1) is 20.2. The van der Waals surface area contributed by atoms with Crippen LogP contribution in [0.25, 0.3) is 0 Å². The van der Waals surface area contributed by atoms with Crippen molar-refractivity contribution in [3.8, 4) is 0 Å². The summed E-state index contributed by atoms with van der Waals surface area (Å²) in [5.41, 5.74) is 2.51. The van der Waals surface area contributed by atoms with Crippen LogP contribution in [0.1, 0.15) is 55.7 Å². The number of aryl methyl sites for hydroxylation is 1. The molecule has 1 aliphatic rings. The molecule has 0 spiro atoms. The summed E-state index contributed by atoms with van der Waals surface area (Å²) in [5, 5.41) is 13.7. The summed E-state index contributed by atoms with van der Waals surface area (Å²) >= 11 is 0. The van der Waals surface area contributed by atoms with Gasteiger partial charge in [0.1, 0.15) is 0 Å². The van der Waals surface area contributed by atoms with Gasteiger partial charge in [-0.1, -0.05) is 6.07 Å². The molecule has 144 valence electrons. The number of carbonyl (C=O) groups excluding carboxylic acids is 1. The number of aromatic nitrogens is 1. The van der Waals surface area contributed by atoms with Gasteiger partial charge in [-0.15, -0.1) is 0 Å². The van der Waals surface area contributed by atoms with Crippen LogP contribution in [0.15, 0.2) is 18.5 Å². The van der Waals surface area contributed by atoms with E-state index in [1.165, 1.54) is 24.0 Å². The lowest BCUT2D eigenvalue weighted by Gasteiger charge is -2.19. The second kappa shape index (κ2) is 10.8. The van der Waals surface area contributed by atoms with E-state index in [2.05, 4.69) is 33.6 Å². The van der Waals surface area contributed by atoms with E-state index in [0.717, 1.165) is 19.4 Å². The molecule has 7 heteroatoms. The quantitative estimate of drug-likeness (QED) is 0.555. The number of rotatable bonds is 10. The minimum Gasteiger partial charge on any atom is -0.465 e. The molecule has 2 amide bonds. The van der Waals surface area contributed by atoms with Crippen LogP contribution < -0.4 is 10.6 Å². The Morgan fingerprint density at radius 2 is 2.04 bits per heavy atom. The Hall–Kier alpha value is -2.15. The van der Waals surface area contributed by atoms with Crippen molar-refractivity contribution in [2.24, 2.45) is 0 Å². The maximum atomic E-state index is 11.7. The zero-order valence-corrected chi connectivity index (χ0v) is 15.5. The Kier molecular flexibility index (Phi) is 8.34. The number of likely N-dealkylation sites (tertiary alicyclic amines) is 1. The van der Waals surface area contributed by atoms with Crippen molar-refractivity contribution in [3.63, 3.8) is 0 Å². The van der Waals surface area contributed by atoms with E-state index in [9.17, 15) is 9.59 Å². The van der Waals surface area contributed by atoms with Crippen molar-refractivity contribution in [1.29, 1.82) is 0 Å². The summed E-state index contributed by atoms with van der Waals surface area (Å²) < 4.78 is 0. The third-order valence-corrected chi connectivity index (χ3v) is 4.79. The molecule has 2 heterocycles. The fourth-order valence-electron chi connectivity index (χ4n) is 3.37. The van der Waals surface area contributed by atoms with Gasteiger partial charge in [0, 0.05) is 37.9 Å². The van der Waals surface area contributed by atoms with E-state index in [0.29, 0.717) is 38.4 Å².